The first-order valence-electron chi connectivity index (χ1n) is 5.18. The molecule has 1 aromatic rings. The number of hydrogen-bond acceptors (Lipinski definition) is 5. The van der Waals surface area contributed by atoms with Gasteiger partial charge in [0.2, 0.25) is 0 Å². The van der Waals surface area contributed by atoms with Gasteiger partial charge in [0.25, 0.3) is 5.69 Å². The molecule has 18 heavy (non-hydrogen) atoms. The number of esters is 1. The summed E-state index contributed by atoms with van der Waals surface area (Å²) < 4.78 is 4.40. The van der Waals surface area contributed by atoms with Crippen molar-refractivity contribution < 1.29 is 19.6 Å². The van der Waals surface area contributed by atoms with Gasteiger partial charge in [-0.05, 0) is 24.6 Å². The van der Waals surface area contributed by atoms with E-state index in [1.54, 1.807) is 6.07 Å². The molecule has 0 aliphatic rings. The van der Waals surface area contributed by atoms with Crippen LogP contribution in [0.15, 0.2) is 24.3 Å². The Morgan fingerprint density at radius 3 is 2.72 bits per heavy atom. The fourth-order valence-electron chi connectivity index (χ4n) is 1.35. The molecule has 0 fully saturated rings. The van der Waals surface area contributed by atoms with Crippen LogP contribution < -0.4 is 0 Å². The van der Waals surface area contributed by atoms with Crippen molar-refractivity contribution in [3.05, 3.63) is 45.5 Å². The van der Waals surface area contributed by atoms with Crippen LogP contribution in [0.3, 0.4) is 0 Å². The predicted octanol–water partition coefficient (Wildman–Crippen LogP) is 1.83. The van der Waals surface area contributed by atoms with E-state index in [1.165, 1.54) is 32.2 Å². The van der Waals surface area contributed by atoms with E-state index < -0.39 is 17.0 Å². The molecule has 0 spiro atoms. The van der Waals surface area contributed by atoms with E-state index >= 15 is 0 Å². The van der Waals surface area contributed by atoms with Gasteiger partial charge in [0.05, 0.1) is 23.7 Å². The molecule has 1 unspecified atom stereocenters. The van der Waals surface area contributed by atoms with Crippen LogP contribution >= 0.6 is 0 Å². The second-order valence-electron chi connectivity index (χ2n) is 3.61. The summed E-state index contributed by atoms with van der Waals surface area (Å²) in [5.74, 6) is -0.594. The Morgan fingerprint density at radius 1 is 1.56 bits per heavy atom. The van der Waals surface area contributed by atoms with Crippen LogP contribution in [0.25, 0.3) is 6.08 Å². The Labute approximate surface area is 104 Å². The van der Waals surface area contributed by atoms with E-state index in [1.807, 2.05) is 0 Å². The minimum Gasteiger partial charge on any atom is -0.466 e. The van der Waals surface area contributed by atoms with Crippen molar-refractivity contribution in [2.45, 2.75) is 13.0 Å². The molecule has 1 N–H and O–H groups in total. The minimum absolute atomic E-state index is 0.173. The normalized spacial score (nSPS) is 12.4. The third-order valence-electron chi connectivity index (χ3n) is 2.33. The standard InChI is InChI=1S/C12H13NO5/c1-8(14)10-4-3-9(5-6-12(15)18-2)11(7-10)13(16)17/h3-8,14H,1-2H3. The second-order valence-corrected chi connectivity index (χ2v) is 3.61. The molecular formula is C12H13NO5. The molecule has 96 valence electrons. The van der Waals surface area contributed by atoms with Gasteiger partial charge >= 0.3 is 5.97 Å². The van der Waals surface area contributed by atoms with Crippen LogP contribution in [0, 0.1) is 10.1 Å². The van der Waals surface area contributed by atoms with Crippen LogP contribution in [-0.4, -0.2) is 23.1 Å². The van der Waals surface area contributed by atoms with Crippen molar-refractivity contribution in [3.8, 4) is 0 Å². The highest BCUT2D eigenvalue weighted by molar-refractivity contribution is 5.87. The number of aliphatic hydroxyl groups excluding tert-OH is 1. The summed E-state index contributed by atoms with van der Waals surface area (Å²) in [5, 5.41) is 20.2. The van der Waals surface area contributed by atoms with Crippen LogP contribution in [0.2, 0.25) is 0 Å². The zero-order chi connectivity index (χ0) is 13.7. The van der Waals surface area contributed by atoms with Gasteiger partial charge in [0.1, 0.15) is 0 Å². The fraction of sp³-hybridized carbons (Fsp3) is 0.250. The number of aliphatic hydroxyl groups is 1. The molecule has 1 rings (SSSR count). The maximum Gasteiger partial charge on any atom is 0.330 e. The summed E-state index contributed by atoms with van der Waals surface area (Å²) in [7, 11) is 1.22. The number of nitrogens with zero attached hydrogens (tertiary/aromatic N) is 1. The summed E-state index contributed by atoms with van der Waals surface area (Å²) in [4.78, 5) is 21.2. The molecule has 0 saturated carbocycles. The van der Waals surface area contributed by atoms with Crippen molar-refractivity contribution in [3.63, 3.8) is 0 Å². The van der Waals surface area contributed by atoms with Gasteiger partial charge in [-0.3, -0.25) is 10.1 Å². The molecule has 1 aromatic carbocycles. The van der Waals surface area contributed by atoms with E-state index in [2.05, 4.69) is 4.74 Å². The highest BCUT2D eigenvalue weighted by atomic mass is 16.6. The smallest absolute Gasteiger partial charge is 0.330 e. The Hall–Kier alpha value is -2.21. The number of nitro benzene ring substituents is 1. The molecule has 0 aliphatic carbocycles. The fourth-order valence-corrected chi connectivity index (χ4v) is 1.35. The van der Waals surface area contributed by atoms with E-state index in [0.29, 0.717) is 5.56 Å². The molecule has 0 saturated heterocycles. The third-order valence-corrected chi connectivity index (χ3v) is 2.33. The van der Waals surface area contributed by atoms with Gasteiger partial charge in [-0.25, -0.2) is 4.79 Å². The second kappa shape index (κ2) is 5.92. The third kappa shape index (κ3) is 3.39. The van der Waals surface area contributed by atoms with Crippen molar-refractivity contribution >= 4 is 17.7 Å². The van der Waals surface area contributed by atoms with Crippen molar-refractivity contribution in [2.75, 3.05) is 7.11 Å². The molecule has 6 heteroatoms. The number of carbonyl (C=O) groups is 1. The van der Waals surface area contributed by atoms with Crippen LogP contribution in [-0.2, 0) is 9.53 Å². The molecule has 1 atom stereocenters. The summed E-state index contributed by atoms with van der Waals surface area (Å²) in [6.45, 7) is 1.52. The molecule has 0 radical (unpaired) electrons. The predicted molar refractivity (Wildman–Crippen MR) is 64.8 cm³/mol. The summed E-state index contributed by atoms with van der Waals surface area (Å²) in [6.07, 6.45) is 1.61. The molecule has 0 amide bonds. The summed E-state index contributed by atoms with van der Waals surface area (Å²) >= 11 is 0. The molecular weight excluding hydrogens is 238 g/mol. The van der Waals surface area contributed by atoms with Crippen molar-refractivity contribution in [1.82, 2.24) is 0 Å². The maximum atomic E-state index is 10.9. The lowest BCUT2D eigenvalue weighted by atomic mass is 10.1. The number of methoxy groups -OCH3 is 1. The van der Waals surface area contributed by atoms with Gasteiger partial charge in [-0.2, -0.15) is 0 Å². The van der Waals surface area contributed by atoms with Gasteiger partial charge in [-0.15, -0.1) is 0 Å². The Bertz CT molecular complexity index is 493. The quantitative estimate of drug-likeness (QED) is 0.381. The lowest BCUT2D eigenvalue weighted by Crippen LogP contribution is -1.98. The van der Waals surface area contributed by atoms with E-state index in [9.17, 15) is 20.0 Å². The first kappa shape index (κ1) is 13.9. The maximum absolute atomic E-state index is 10.9. The Balaban J connectivity index is 3.16. The van der Waals surface area contributed by atoms with Crippen LogP contribution in [0.5, 0.6) is 0 Å². The van der Waals surface area contributed by atoms with Crippen molar-refractivity contribution in [2.24, 2.45) is 0 Å². The van der Waals surface area contributed by atoms with Crippen LogP contribution in [0.4, 0.5) is 5.69 Å². The van der Waals surface area contributed by atoms with Gasteiger partial charge < -0.3 is 9.84 Å². The number of benzene rings is 1. The molecule has 0 aromatic heterocycles. The van der Waals surface area contributed by atoms with E-state index in [-0.39, 0.29) is 11.3 Å². The summed E-state index contributed by atoms with van der Waals surface area (Å²) in [6, 6.07) is 4.32. The molecule has 0 heterocycles. The highest BCUT2D eigenvalue weighted by Crippen LogP contribution is 2.24. The number of nitro groups is 1. The largest absolute Gasteiger partial charge is 0.466 e. The topological polar surface area (TPSA) is 89.7 Å². The molecule has 0 bridgehead atoms. The van der Waals surface area contributed by atoms with Crippen molar-refractivity contribution in [1.29, 1.82) is 0 Å². The average molecular weight is 251 g/mol. The lowest BCUT2D eigenvalue weighted by Gasteiger charge is -2.05. The number of hydrogen-bond donors (Lipinski definition) is 1. The lowest BCUT2D eigenvalue weighted by molar-refractivity contribution is -0.385. The van der Waals surface area contributed by atoms with E-state index in [0.717, 1.165) is 6.08 Å². The number of rotatable bonds is 4. The van der Waals surface area contributed by atoms with Gasteiger partial charge in [0.15, 0.2) is 0 Å². The highest BCUT2D eigenvalue weighted by Gasteiger charge is 2.14. The average Bonchev–Trinajstić information content (AvgIpc) is 2.35. The van der Waals surface area contributed by atoms with E-state index in [4.69, 9.17) is 0 Å². The van der Waals surface area contributed by atoms with Gasteiger partial charge in [0, 0.05) is 12.1 Å². The van der Waals surface area contributed by atoms with Crippen LogP contribution in [0.1, 0.15) is 24.2 Å². The minimum atomic E-state index is -0.790. The monoisotopic (exact) mass is 251 g/mol. The zero-order valence-electron chi connectivity index (χ0n) is 9.99. The Kier molecular flexibility index (Phi) is 4.56. The number of carbonyl (C=O) groups excluding carboxylic acids is 1. The SMILES string of the molecule is COC(=O)C=Cc1ccc(C(C)O)cc1[N+](=O)[O-]. The molecule has 0 aliphatic heterocycles. The molecule has 6 nitrogen and oxygen atoms in total. The Morgan fingerprint density at radius 2 is 2.22 bits per heavy atom. The summed E-state index contributed by atoms with van der Waals surface area (Å²) in [5.41, 5.74) is 0.542. The first-order chi connectivity index (χ1) is 8.45. The first-order valence-corrected chi connectivity index (χ1v) is 5.18. The number of ether oxygens (including phenoxy) is 1. The van der Waals surface area contributed by atoms with Gasteiger partial charge in [-0.1, -0.05) is 6.07 Å². The zero-order valence-corrected chi connectivity index (χ0v) is 9.99.